The second-order valence-corrected chi connectivity index (χ2v) is 7.05. The average molecular weight is 319 g/mol. The van der Waals surface area contributed by atoms with E-state index in [1.165, 1.54) is 4.31 Å². The molecule has 0 saturated heterocycles. The van der Waals surface area contributed by atoms with Gasteiger partial charge in [0.2, 0.25) is 10.0 Å². The zero-order valence-corrected chi connectivity index (χ0v) is 12.7. The molecule has 0 unspecified atom stereocenters. The first kappa shape index (κ1) is 16.3. The Labute approximate surface area is 123 Å². The fourth-order valence-corrected chi connectivity index (χ4v) is 4.66. The summed E-state index contributed by atoms with van der Waals surface area (Å²) in [5.74, 6) is -2.65. The Kier molecular flexibility index (Phi) is 4.95. The van der Waals surface area contributed by atoms with Gasteiger partial charge in [-0.1, -0.05) is 19.8 Å². The van der Waals surface area contributed by atoms with Crippen molar-refractivity contribution >= 4 is 10.0 Å². The fraction of sp³-hybridized carbons (Fsp3) is 0.571. The molecule has 2 rings (SSSR count). The van der Waals surface area contributed by atoms with Gasteiger partial charge in [0.25, 0.3) is 0 Å². The lowest BCUT2D eigenvalue weighted by Crippen LogP contribution is -2.39. The van der Waals surface area contributed by atoms with Crippen LogP contribution in [0.15, 0.2) is 17.0 Å². The first-order valence-corrected chi connectivity index (χ1v) is 8.46. The molecule has 4 nitrogen and oxygen atoms in total. The molecule has 1 aromatic rings. The topological polar surface area (TPSA) is 57.6 Å². The standard InChI is InChI=1S/C14H19F2NO3S/c1-2-17(11-5-3-4-6-11)21(19,20)13-8-10(9-18)7-12(15)14(13)16/h7-8,11,18H,2-6,9H2,1H3. The van der Waals surface area contributed by atoms with Crippen LogP contribution >= 0.6 is 0 Å². The van der Waals surface area contributed by atoms with Gasteiger partial charge in [-0.3, -0.25) is 0 Å². The normalized spacial score (nSPS) is 16.8. The summed E-state index contributed by atoms with van der Waals surface area (Å²) in [4.78, 5) is -0.694. The lowest BCUT2D eigenvalue weighted by molar-refractivity contribution is 0.280. The smallest absolute Gasteiger partial charge is 0.246 e. The maximum Gasteiger partial charge on any atom is 0.246 e. The highest BCUT2D eigenvalue weighted by Gasteiger charge is 2.34. The molecule has 1 aliphatic rings. The molecule has 0 radical (unpaired) electrons. The third-order valence-corrected chi connectivity index (χ3v) is 5.89. The predicted octanol–water partition coefficient (Wildman–Crippen LogP) is 2.41. The van der Waals surface area contributed by atoms with Gasteiger partial charge in [0.1, 0.15) is 4.90 Å². The van der Waals surface area contributed by atoms with Crippen molar-refractivity contribution in [3.8, 4) is 0 Å². The molecule has 7 heteroatoms. The molecule has 0 bridgehead atoms. The van der Waals surface area contributed by atoms with E-state index in [0.717, 1.165) is 37.8 Å². The second kappa shape index (κ2) is 6.37. The van der Waals surface area contributed by atoms with Gasteiger partial charge in [-0.15, -0.1) is 0 Å². The van der Waals surface area contributed by atoms with Gasteiger partial charge in [0.05, 0.1) is 6.61 Å². The Morgan fingerprint density at radius 3 is 2.43 bits per heavy atom. The van der Waals surface area contributed by atoms with Crippen LogP contribution in [0.1, 0.15) is 38.2 Å². The number of halogens is 2. The SMILES string of the molecule is CCN(C1CCCC1)S(=O)(=O)c1cc(CO)cc(F)c1F. The zero-order valence-electron chi connectivity index (χ0n) is 11.8. The molecular formula is C14H19F2NO3S. The lowest BCUT2D eigenvalue weighted by atomic mass is 10.2. The number of benzene rings is 1. The minimum absolute atomic E-state index is 0.0370. The summed E-state index contributed by atoms with van der Waals surface area (Å²) in [6, 6.07) is 1.64. The van der Waals surface area contributed by atoms with Gasteiger partial charge in [0.15, 0.2) is 11.6 Å². The van der Waals surface area contributed by atoms with E-state index in [1.54, 1.807) is 6.92 Å². The molecule has 21 heavy (non-hydrogen) atoms. The van der Waals surface area contributed by atoms with Gasteiger partial charge < -0.3 is 5.11 Å². The molecule has 1 fully saturated rings. The second-order valence-electron chi connectivity index (χ2n) is 5.19. The van der Waals surface area contributed by atoms with Crippen LogP contribution in [0.5, 0.6) is 0 Å². The number of aliphatic hydroxyl groups is 1. The fourth-order valence-electron chi connectivity index (χ4n) is 2.84. The van der Waals surface area contributed by atoms with E-state index in [9.17, 15) is 17.2 Å². The van der Waals surface area contributed by atoms with Crippen LogP contribution in [-0.2, 0) is 16.6 Å². The molecule has 0 aromatic heterocycles. The molecule has 1 saturated carbocycles. The van der Waals surface area contributed by atoms with Crippen molar-refractivity contribution in [2.45, 2.75) is 50.2 Å². The lowest BCUT2D eigenvalue weighted by Gasteiger charge is -2.27. The Morgan fingerprint density at radius 2 is 1.90 bits per heavy atom. The zero-order chi connectivity index (χ0) is 15.6. The van der Waals surface area contributed by atoms with E-state index in [2.05, 4.69) is 0 Å². The summed E-state index contributed by atoms with van der Waals surface area (Å²) in [7, 11) is -4.11. The number of nitrogens with zero attached hydrogens (tertiary/aromatic N) is 1. The first-order chi connectivity index (χ1) is 9.91. The molecule has 0 amide bonds. The van der Waals surface area contributed by atoms with E-state index >= 15 is 0 Å². The highest BCUT2D eigenvalue weighted by molar-refractivity contribution is 7.89. The van der Waals surface area contributed by atoms with Crippen molar-refractivity contribution in [1.29, 1.82) is 0 Å². The van der Waals surface area contributed by atoms with E-state index in [-0.39, 0.29) is 18.2 Å². The largest absolute Gasteiger partial charge is 0.392 e. The van der Waals surface area contributed by atoms with Crippen molar-refractivity contribution in [2.24, 2.45) is 0 Å². The number of rotatable bonds is 5. The summed E-state index contributed by atoms with van der Waals surface area (Å²) in [5, 5.41) is 9.05. The quantitative estimate of drug-likeness (QED) is 0.907. The van der Waals surface area contributed by atoms with Gasteiger partial charge in [0, 0.05) is 12.6 Å². The van der Waals surface area contributed by atoms with Crippen LogP contribution in [-0.4, -0.2) is 30.4 Å². The molecule has 0 atom stereocenters. The predicted molar refractivity (Wildman–Crippen MR) is 74.1 cm³/mol. The minimum Gasteiger partial charge on any atom is -0.392 e. The van der Waals surface area contributed by atoms with E-state index in [4.69, 9.17) is 5.11 Å². The van der Waals surface area contributed by atoms with Gasteiger partial charge in [-0.25, -0.2) is 17.2 Å². The average Bonchev–Trinajstić information content (AvgIpc) is 2.95. The van der Waals surface area contributed by atoms with E-state index < -0.39 is 33.2 Å². The van der Waals surface area contributed by atoms with Crippen molar-refractivity contribution in [2.75, 3.05) is 6.54 Å². The van der Waals surface area contributed by atoms with Crippen LogP contribution in [0.4, 0.5) is 8.78 Å². The van der Waals surface area contributed by atoms with Crippen LogP contribution in [0.2, 0.25) is 0 Å². The summed E-state index contributed by atoms with van der Waals surface area (Å²) in [5.41, 5.74) is 0.0370. The van der Waals surface area contributed by atoms with Gasteiger partial charge in [-0.05, 0) is 30.5 Å². The maximum absolute atomic E-state index is 13.9. The summed E-state index contributed by atoms with van der Waals surface area (Å²) in [6.07, 6.45) is 3.34. The Hall–Kier alpha value is -1.05. The maximum atomic E-state index is 13.9. The number of hydrogen-bond acceptors (Lipinski definition) is 3. The molecule has 0 spiro atoms. The molecule has 1 aromatic carbocycles. The van der Waals surface area contributed by atoms with Crippen LogP contribution in [0.3, 0.4) is 0 Å². The molecule has 0 aliphatic heterocycles. The van der Waals surface area contributed by atoms with Crippen molar-refractivity contribution in [3.63, 3.8) is 0 Å². The molecule has 1 aliphatic carbocycles. The van der Waals surface area contributed by atoms with Crippen molar-refractivity contribution in [3.05, 3.63) is 29.3 Å². The monoisotopic (exact) mass is 319 g/mol. The van der Waals surface area contributed by atoms with Crippen molar-refractivity contribution < 1.29 is 22.3 Å². The van der Waals surface area contributed by atoms with Crippen molar-refractivity contribution in [1.82, 2.24) is 4.31 Å². The Morgan fingerprint density at radius 1 is 1.29 bits per heavy atom. The number of aliphatic hydroxyl groups excluding tert-OH is 1. The third-order valence-electron chi connectivity index (χ3n) is 3.87. The van der Waals surface area contributed by atoms with Gasteiger partial charge in [-0.2, -0.15) is 4.31 Å². The van der Waals surface area contributed by atoms with Crippen LogP contribution in [0, 0.1) is 11.6 Å². The highest BCUT2D eigenvalue weighted by Crippen LogP contribution is 2.30. The molecule has 1 N–H and O–H groups in total. The Bertz CT molecular complexity index is 613. The summed E-state index contributed by atoms with van der Waals surface area (Å²) in [6.45, 7) is 1.34. The third kappa shape index (κ3) is 3.09. The molecule has 118 valence electrons. The number of hydrogen-bond donors (Lipinski definition) is 1. The molecule has 0 heterocycles. The number of sulfonamides is 1. The highest BCUT2D eigenvalue weighted by atomic mass is 32.2. The summed E-state index contributed by atoms with van der Waals surface area (Å²) >= 11 is 0. The Balaban J connectivity index is 2.49. The summed E-state index contributed by atoms with van der Waals surface area (Å²) < 4.78 is 54.0. The van der Waals surface area contributed by atoms with E-state index in [1.807, 2.05) is 0 Å². The van der Waals surface area contributed by atoms with Crippen LogP contribution in [0.25, 0.3) is 0 Å². The molecular weight excluding hydrogens is 300 g/mol. The van der Waals surface area contributed by atoms with E-state index in [0.29, 0.717) is 0 Å². The van der Waals surface area contributed by atoms with Gasteiger partial charge >= 0.3 is 0 Å². The minimum atomic E-state index is -4.11. The first-order valence-electron chi connectivity index (χ1n) is 7.02. The van der Waals surface area contributed by atoms with Crippen LogP contribution < -0.4 is 0 Å².